The Morgan fingerprint density at radius 2 is 2.05 bits per heavy atom. The molecule has 0 fully saturated rings. The highest BCUT2D eigenvalue weighted by atomic mass is 35.5. The van der Waals surface area contributed by atoms with Gasteiger partial charge < -0.3 is 5.11 Å². The number of halogens is 1. The van der Waals surface area contributed by atoms with Crippen LogP contribution in [0.2, 0.25) is 5.02 Å². The topological polar surface area (TPSA) is 55.1 Å². The smallest absolute Gasteiger partial charge is 0.307 e. The van der Waals surface area contributed by atoms with Crippen molar-refractivity contribution < 1.29 is 9.90 Å². The maximum Gasteiger partial charge on any atom is 0.307 e. The Labute approximate surface area is 116 Å². The third-order valence-electron chi connectivity index (χ3n) is 3.17. The van der Waals surface area contributed by atoms with Gasteiger partial charge in [-0.1, -0.05) is 17.7 Å². The van der Waals surface area contributed by atoms with Crippen LogP contribution in [0.5, 0.6) is 0 Å². The van der Waals surface area contributed by atoms with Gasteiger partial charge >= 0.3 is 5.97 Å². The van der Waals surface area contributed by atoms with Gasteiger partial charge in [0.1, 0.15) is 0 Å². The second-order valence-corrected chi connectivity index (χ2v) is 4.97. The lowest BCUT2D eigenvalue weighted by Crippen LogP contribution is -2.03. The zero-order chi connectivity index (χ0) is 14.2. The van der Waals surface area contributed by atoms with Crippen molar-refractivity contribution in [2.45, 2.75) is 27.2 Å². The molecule has 0 unspecified atom stereocenters. The lowest BCUT2D eigenvalue weighted by molar-refractivity contribution is -0.136. The van der Waals surface area contributed by atoms with Crippen molar-refractivity contribution in [3.05, 3.63) is 45.7 Å². The van der Waals surface area contributed by atoms with E-state index < -0.39 is 5.97 Å². The predicted molar refractivity (Wildman–Crippen MR) is 74.1 cm³/mol. The van der Waals surface area contributed by atoms with Gasteiger partial charge in [0.2, 0.25) is 0 Å². The van der Waals surface area contributed by atoms with Crippen molar-refractivity contribution >= 4 is 17.6 Å². The minimum atomic E-state index is -0.854. The molecule has 5 heteroatoms. The Morgan fingerprint density at radius 3 is 2.63 bits per heavy atom. The molecule has 1 aromatic carbocycles. The van der Waals surface area contributed by atoms with Crippen LogP contribution in [0.1, 0.15) is 22.5 Å². The van der Waals surface area contributed by atoms with Gasteiger partial charge in [-0.25, -0.2) is 4.68 Å². The van der Waals surface area contributed by atoms with Crippen LogP contribution in [0.3, 0.4) is 0 Å². The first-order chi connectivity index (χ1) is 8.90. The molecule has 1 heterocycles. The van der Waals surface area contributed by atoms with Gasteiger partial charge in [-0.15, -0.1) is 0 Å². The SMILES string of the molecule is Cc1ccc(-n2nc(C)c(CC(=O)O)c2C)cc1Cl. The number of nitrogens with zero attached hydrogens (tertiary/aromatic N) is 2. The second kappa shape index (κ2) is 5.05. The Kier molecular flexibility index (Phi) is 3.62. The van der Waals surface area contributed by atoms with E-state index in [1.807, 2.05) is 39.0 Å². The van der Waals surface area contributed by atoms with E-state index in [1.54, 1.807) is 4.68 Å². The fourth-order valence-electron chi connectivity index (χ4n) is 2.05. The monoisotopic (exact) mass is 278 g/mol. The summed E-state index contributed by atoms with van der Waals surface area (Å²) in [5.74, 6) is -0.854. The normalized spacial score (nSPS) is 10.7. The molecule has 0 saturated carbocycles. The highest BCUT2D eigenvalue weighted by Crippen LogP contribution is 2.23. The van der Waals surface area contributed by atoms with Gasteiger partial charge in [0.05, 0.1) is 17.8 Å². The van der Waals surface area contributed by atoms with Crippen LogP contribution in [0, 0.1) is 20.8 Å². The summed E-state index contributed by atoms with van der Waals surface area (Å²) in [5, 5.41) is 14.0. The number of aryl methyl sites for hydroxylation is 2. The molecule has 19 heavy (non-hydrogen) atoms. The van der Waals surface area contributed by atoms with Crippen LogP contribution >= 0.6 is 11.6 Å². The maximum atomic E-state index is 10.9. The molecular weight excluding hydrogens is 264 g/mol. The standard InChI is InChI=1S/C14H15ClN2O2/c1-8-4-5-11(6-13(8)15)17-10(3)12(7-14(18)19)9(2)16-17/h4-6H,7H2,1-3H3,(H,18,19). The molecule has 0 atom stereocenters. The van der Waals surface area contributed by atoms with Gasteiger partial charge in [0.25, 0.3) is 0 Å². The van der Waals surface area contributed by atoms with E-state index in [1.165, 1.54) is 0 Å². The summed E-state index contributed by atoms with van der Waals surface area (Å²) in [5.41, 5.74) is 4.16. The molecule has 2 rings (SSSR count). The zero-order valence-corrected chi connectivity index (χ0v) is 11.8. The minimum Gasteiger partial charge on any atom is -0.481 e. The number of aromatic nitrogens is 2. The molecule has 0 saturated heterocycles. The lowest BCUT2D eigenvalue weighted by atomic mass is 10.1. The van der Waals surface area contributed by atoms with E-state index in [0.29, 0.717) is 5.02 Å². The molecular formula is C14H15ClN2O2. The molecule has 0 aliphatic heterocycles. The first kappa shape index (κ1) is 13.6. The van der Waals surface area contributed by atoms with Crippen LogP contribution in [0.15, 0.2) is 18.2 Å². The van der Waals surface area contributed by atoms with Crippen LogP contribution in [0.4, 0.5) is 0 Å². The van der Waals surface area contributed by atoms with Gasteiger partial charge in [-0.05, 0) is 38.5 Å². The number of carboxylic acid groups (broad SMARTS) is 1. The number of benzene rings is 1. The van der Waals surface area contributed by atoms with E-state index in [-0.39, 0.29) is 6.42 Å². The summed E-state index contributed by atoms with van der Waals surface area (Å²) in [6.07, 6.45) is -0.0166. The molecule has 0 spiro atoms. The van der Waals surface area contributed by atoms with E-state index in [0.717, 1.165) is 28.2 Å². The Hall–Kier alpha value is -1.81. The summed E-state index contributed by atoms with van der Waals surface area (Å²) in [4.78, 5) is 10.9. The summed E-state index contributed by atoms with van der Waals surface area (Å²) >= 11 is 6.11. The third kappa shape index (κ3) is 2.63. The fourth-order valence-corrected chi connectivity index (χ4v) is 2.22. The molecule has 0 amide bonds. The number of aliphatic carboxylic acids is 1. The largest absolute Gasteiger partial charge is 0.481 e. The van der Waals surface area contributed by atoms with Gasteiger partial charge in [-0.2, -0.15) is 5.10 Å². The third-order valence-corrected chi connectivity index (χ3v) is 3.58. The van der Waals surface area contributed by atoms with Crippen molar-refractivity contribution in [3.63, 3.8) is 0 Å². The van der Waals surface area contributed by atoms with Crippen LogP contribution in [-0.4, -0.2) is 20.9 Å². The van der Waals surface area contributed by atoms with E-state index >= 15 is 0 Å². The molecule has 1 N–H and O–H groups in total. The summed E-state index contributed by atoms with van der Waals surface area (Å²) in [7, 11) is 0. The number of carboxylic acids is 1. The Morgan fingerprint density at radius 1 is 1.37 bits per heavy atom. The van der Waals surface area contributed by atoms with Crippen molar-refractivity contribution in [1.82, 2.24) is 9.78 Å². The van der Waals surface area contributed by atoms with Crippen molar-refractivity contribution in [2.75, 3.05) is 0 Å². The van der Waals surface area contributed by atoms with Crippen LogP contribution in [0.25, 0.3) is 5.69 Å². The van der Waals surface area contributed by atoms with Crippen molar-refractivity contribution in [2.24, 2.45) is 0 Å². The average Bonchev–Trinajstić information content (AvgIpc) is 2.60. The molecule has 100 valence electrons. The fraction of sp³-hybridized carbons (Fsp3) is 0.286. The predicted octanol–water partition coefficient (Wildman–Crippen LogP) is 3.08. The zero-order valence-electron chi connectivity index (χ0n) is 11.1. The lowest BCUT2D eigenvalue weighted by Gasteiger charge is -2.07. The molecule has 1 aromatic heterocycles. The van der Waals surface area contributed by atoms with Crippen molar-refractivity contribution in [1.29, 1.82) is 0 Å². The van der Waals surface area contributed by atoms with E-state index in [9.17, 15) is 4.79 Å². The second-order valence-electron chi connectivity index (χ2n) is 4.57. The quantitative estimate of drug-likeness (QED) is 0.939. The number of hydrogen-bond donors (Lipinski definition) is 1. The first-order valence-electron chi connectivity index (χ1n) is 5.93. The highest BCUT2D eigenvalue weighted by molar-refractivity contribution is 6.31. The number of rotatable bonds is 3. The van der Waals surface area contributed by atoms with Gasteiger partial charge in [0.15, 0.2) is 0 Å². The highest BCUT2D eigenvalue weighted by Gasteiger charge is 2.15. The number of carbonyl (C=O) groups is 1. The minimum absolute atomic E-state index is 0.0166. The van der Waals surface area contributed by atoms with Crippen molar-refractivity contribution in [3.8, 4) is 5.69 Å². The summed E-state index contributed by atoms with van der Waals surface area (Å²) < 4.78 is 1.74. The first-order valence-corrected chi connectivity index (χ1v) is 6.31. The summed E-state index contributed by atoms with van der Waals surface area (Å²) in [6.45, 7) is 5.62. The maximum absolute atomic E-state index is 10.9. The molecule has 0 radical (unpaired) electrons. The summed E-state index contributed by atoms with van der Waals surface area (Å²) in [6, 6.07) is 5.68. The van der Waals surface area contributed by atoms with E-state index in [4.69, 9.17) is 16.7 Å². The molecule has 2 aromatic rings. The average molecular weight is 279 g/mol. The Balaban J connectivity index is 2.51. The van der Waals surface area contributed by atoms with E-state index in [2.05, 4.69) is 5.10 Å². The molecule has 0 bridgehead atoms. The molecule has 4 nitrogen and oxygen atoms in total. The van der Waals surface area contributed by atoms with Crippen LogP contribution < -0.4 is 0 Å². The Bertz CT molecular complexity index is 647. The van der Waals surface area contributed by atoms with Gasteiger partial charge in [-0.3, -0.25) is 4.79 Å². The molecule has 0 aliphatic carbocycles. The number of hydrogen-bond acceptors (Lipinski definition) is 2. The molecule has 0 aliphatic rings. The van der Waals surface area contributed by atoms with Crippen LogP contribution in [-0.2, 0) is 11.2 Å². The van der Waals surface area contributed by atoms with Gasteiger partial charge in [0, 0.05) is 16.3 Å².